The molecule has 4 rings (SSSR count). The van der Waals surface area contributed by atoms with Crippen molar-refractivity contribution in [2.45, 2.75) is 57.8 Å². The Bertz CT molecular complexity index is 967. The second-order valence-corrected chi connectivity index (χ2v) is 9.27. The van der Waals surface area contributed by atoms with Gasteiger partial charge in [-0.3, -0.25) is 0 Å². The van der Waals surface area contributed by atoms with Crippen molar-refractivity contribution in [1.82, 2.24) is 25.7 Å². The number of nitrogens with one attached hydrogen (secondary N) is 3. The molecule has 8 nitrogen and oxygen atoms in total. The molecule has 0 bridgehead atoms. The first-order valence-corrected chi connectivity index (χ1v) is 11.7. The van der Waals surface area contributed by atoms with Gasteiger partial charge >= 0.3 is 6.09 Å². The van der Waals surface area contributed by atoms with Gasteiger partial charge in [0.15, 0.2) is 0 Å². The molecule has 0 unspecified atom stereocenters. The first-order valence-electron chi connectivity index (χ1n) is 10.9. The number of carbonyl (C=O) groups excluding carboxylic acids is 1. The van der Waals surface area contributed by atoms with Crippen LogP contribution in [0.1, 0.15) is 49.6 Å². The predicted molar refractivity (Wildman–Crippen MR) is 125 cm³/mol. The quantitative estimate of drug-likeness (QED) is 0.575. The van der Waals surface area contributed by atoms with Crippen LogP contribution in [0.15, 0.2) is 24.4 Å². The molecule has 0 saturated carbocycles. The molecule has 32 heavy (non-hydrogen) atoms. The maximum absolute atomic E-state index is 12.8. The predicted octanol–water partition coefficient (Wildman–Crippen LogP) is 4.10. The van der Waals surface area contributed by atoms with Crippen LogP contribution in [0.2, 0.25) is 10.0 Å². The fraction of sp³-hybridized carbons (Fsp3) is 0.500. The average molecular weight is 479 g/mol. The molecule has 1 fully saturated rings. The molecular weight excluding hydrogens is 451 g/mol. The summed E-state index contributed by atoms with van der Waals surface area (Å²) in [5.41, 5.74) is 2.82. The molecule has 2 aliphatic heterocycles. The van der Waals surface area contributed by atoms with Crippen LogP contribution >= 0.6 is 23.2 Å². The van der Waals surface area contributed by atoms with Gasteiger partial charge in [-0.15, -0.1) is 5.06 Å². The van der Waals surface area contributed by atoms with E-state index in [0.717, 1.165) is 36.2 Å². The third kappa shape index (κ3) is 5.61. The topological polar surface area (TPSA) is 91.4 Å². The third-order valence-electron chi connectivity index (χ3n) is 5.62. The van der Waals surface area contributed by atoms with E-state index in [1.54, 1.807) is 17.2 Å². The Morgan fingerprint density at radius 1 is 1.31 bits per heavy atom. The summed E-state index contributed by atoms with van der Waals surface area (Å²) in [7, 11) is 0. The van der Waals surface area contributed by atoms with E-state index in [-0.39, 0.29) is 18.1 Å². The molecule has 2 aromatic rings. The van der Waals surface area contributed by atoms with E-state index >= 15 is 0 Å². The zero-order valence-corrected chi connectivity index (χ0v) is 19.7. The molecule has 1 aromatic heterocycles. The summed E-state index contributed by atoms with van der Waals surface area (Å²) in [6.07, 6.45) is 4.05. The molecule has 1 amide bonds. The highest BCUT2D eigenvalue weighted by molar-refractivity contribution is 6.42. The average Bonchev–Trinajstić information content (AvgIpc) is 3.28. The molecule has 0 radical (unpaired) electrons. The fourth-order valence-electron chi connectivity index (χ4n) is 4.07. The van der Waals surface area contributed by atoms with Gasteiger partial charge in [0.1, 0.15) is 0 Å². The van der Waals surface area contributed by atoms with Crippen molar-refractivity contribution in [2.24, 2.45) is 0 Å². The standard InChI is InChI=1S/C22H28Cl2N6O2/c1-13(2)27-21-26-11-15-7-9-30(12-19(15)28-21)32-22(31)29-20(18-4-3-8-25-18)14-5-6-16(23)17(24)10-14/h5-6,10-11,13,18,20,25H,3-4,7-9,12H2,1-2H3,(H,29,31)(H,26,27,28)/t18-,20+/m0/s1. The number of carbonyl (C=O) groups is 1. The first kappa shape index (κ1) is 23.0. The second-order valence-electron chi connectivity index (χ2n) is 8.46. The Hall–Kier alpha value is -2.13. The summed E-state index contributed by atoms with van der Waals surface area (Å²) in [6.45, 7) is 5.98. The van der Waals surface area contributed by atoms with Crippen LogP contribution in [-0.4, -0.2) is 46.3 Å². The van der Waals surface area contributed by atoms with Crippen molar-refractivity contribution in [3.8, 4) is 0 Å². The van der Waals surface area contributed by atoms with Gasteiger partial charge in [0.25, 0.3) is 0 Å². The van der Waals surface area contributed by atoms with Crippen LogP contribution in [0.5, 0.6) is 0 Å². The van der Waals surface area contributed by atoms with Gasteiger partial charge in [0, 0.05) is 24.8 Å². The molecule has 172 valence electrons. The Kier molecular flexibility index (Phi) is 7.35. The number of nitrogens with zero attached hydrogens (tertiary/aromatic N) is 3. The highest BCUT2D eigenvalue weighted by Crippen LogP contribution is 2.29. The van der Waals surface area contributed by atoms with Crippen molar-refractivity contribution >= 4 is 35.2 Å². The number of hydroxylamine groups is 2. The van der Waals surface area contributed by atoms with Crippen LogP contribution in [-0.2, 0) is 17.8 Å². The lowest BCUT2D eigenvalue weighted by atomic mass is 9.98. The number of benzene rings is 1. The van der Waals surface area contributed by atoms with Crippen LogP contribution in [0, 0.1) is 0 Å². The molecule has 3 heterocycles. The number of amides is 1. The lowest BCUT2D eigenvalue weighted by Gasteiger charge is -2.29. The maximum Gasteiger partial charge on any atom is 0.426 e. The lowest BCUT2D eigenvalue weighted by molar-refractivity contribution is -0.113. The maximum atomic E-state index is 12.8. The fourth-order valence-corrected chi connectivity index (χ4v) is 4.38. The molecular formula is C22H28Cl2N6O2. The van der Waals surface area contributed by atoms with Gasteiger partial charge in [0.2, 0.25) is 5.95 Å². The van der Waals surface area contributed by atoms with Gasteiger partial charge < -0.3 is 20.8 Å². The number of hydrogen-bond acceptors (Lipinski definition) is 7. The largest absolute Gasteiger partial charge is 0.426 e. The first-order chi connectivity index (χ1) is 15.4. The molecule has 1 saturated heterocycles. The van der Waals surface area contributed by atoms with E-state index in [2.05, 4.69) is 25.9 Å². The van der Waals surface area contributed by atoms with Gasteiger partial charge in [0.05, 0.1) is 28.3 Å². The molecule has 2 atom stereocenters. The van der Waals surface area contributed by atoms with Crippen molar-refractivity contribution < 1.29 is 9.63 Å². The molecule has 10 heteroatoms. The van der Waals surface area contributed by atoms with E-state index < -0.39 is 6.09 Å². The van der Waals surface area contributed by atoms with Gasteiger partial charge in [-0.1, -0.05) is 29.3 Å². The summed E-state index contributed by atoms with van der Waals surface area (Å²) < 4.78 is 0. The van der Waals surface area contributed by atoms with E-state index in [1.165, 1.54) is 0 Å². The van der Waals surface area contributed by atoms with Gasteiger partial charge in [-0.25, -0.2) is 14.8 Å². The molecule has 1 aromatic carbocycles. The Morgan fingerprint density at radius 2 is 2.16 bits per heavy atom. The zero-order chi connectivity index (χ0) is 22.7. The van der Waals surface area contributed by atoms with Crippen LogP contribution in [0.25, 0.3) is 0 Å². The van der Waals surface area contributed by atoms with Crippen molar-refractivity contribution in [2.75, 3.05) is 18.4 Å². The number of fused-ring (bicyclic) bond motifs is 1. The number of hydrogen-bond donors (Lipinski definition) is 3. The Balaban J connectivity index is 1.42. The van der Waals surface area contributed by atoms with Crippen molar-refractivity contribution in [3.63, 3.8) is 0 Å². The monoisotopic (exact) mass is 478 g/mol. The SMILES string of the molecule is CC(C)Nc1ncc2c(n1)CN(OC(=O)N[C@H](c1ccc(Cl)c(Cl)c1)[C@@H]1CCCN1)CC2. The van der Waals surface area contributed by atoms with E-state index in [9.17, 15) is 4.79 Å². The number of halogens is 2. The number of rotatable bonds is 6. The van der Waals surface area contributed by atoms with E-state index in [1.807, 2.05) is 26.1 Å². The third-order valence-corrected chi connectivity index (χ3v) is 6.36. The number of anilines is 1. The molecule has 3 N–H and O–H groups in total. The summed E-state index contributed by atoms with van der Waals surface area (Å²) in [6, 6.07) is 5.48. The van der Waals surface area contributed by atoms with E-state index in [4.69, 9.17) is 28.0 Å². The van der Waals surface area contributed by atoms with E-state index in [0.29, 0.717) is 35.5 Å². The molecule has 0 spiro atoms. The summed E-state index contributed by atoms with van der Waals surface area (Å²) in [5, 5.41) is 12.3. The Morgan fingerprint density at radius 3 is 2.88 bits per heavy atom. The number of aromatic nitrogens is 2. The summed E-state index contributed by atoms with van der Waals surface area (Å²) in [4.78, 5) is 27.4. The summed E-state index contributed by atoms with van der Waals surface area (Å²) >= 11 is 12.3. The molecule has 2 aliphatic rings. The summed E-state index contributed by atoms with van der Waals surface area (Å²) in [5.74, 6) is 0.581. The highest BCUT2D eigenvalue weighted by Gasteiger charge is 2.30. The smallest absolute Gasteiger partial charge is 0.352 e. The van der Waals surface area contributed by atoms with Gasteiger partial charge in [-0.05, 0) is 62.9 Å². The van der Waals surface area contributed by atoms with Crippen molar-refractivity contribution in [3.05, 3.63) is 51.3 Å². The van der Waals surface area contributed by atoms with Gasteiger partial charge in [-0.2, -0.15) is 0 Å². The molecule has 0 aliphatic carbocycles. The zero-order valence-electron chi connectivity index (χ0n) is 18.2. The normalized spacial score (nSPS) is 19.5. The minimum atomic E-state index is -0.507. The minimum absolute atomic E-state index is 0.0966. The van der Waals surface area contributed by atoms with Crippen LogP contribution in [0.3, 0.4) is 0 Å². The van der Waals surface area contributed by atoms with Crippen LogP contribution in [0.4, 0.5) is 10.7 Å². The Labute approximate surface area is 198 Å². The second kappa shape index (κ2) is 10.2. The van der Waals surface area contributed by atoms with Crippen LogP contribution < -0.4 is 16.0 Å². The lowest BCUT2D eigenvalue weighted by Crippen LogP contribution is -2.44. The highest BCUT2D eigenvalue weighted by atomic mass is 35.5. The minimum Gasteiger partial charge on any atom is -0.352 e. The van der Waals surface area contributed by atoms with Crippen molar-refractivity contribution in [1.29, 1.82) is 0 Å².